The average Bonchev–Trinajstić information content (AvgIpc) is 2.62. The lowest BCUT2D eigenvalue weighted by Gasteiger charge is -2.08. The van der Waals surface area contributed by atoms with Gasteiger partial charge in [0.05, 0.1) is 7.11 Å². The predicted molar refractivity (Wildman–Crippen MR) is 95.1 cm³/mol. The number of nitrogens with one attached hydrogen (secondary N) is 2. The second kappa shape index (κ2) is 9.22. The highest BCUT2D eigenvalue weighted by Crippen LogP contribution is 2.14. The maximum absolute atomic E-state index is 12.0. The van der Waals surface area contributed by atoms with Crippen LogP contribution >= 0.6 is 0 Å². The van der Waals surface area contributed by atoms with Crippen molar-refractivity contribution in [2.75, 3.05) is 17.7 Å². The molecule has 0 aliphatic carbocycles. The van der Waals surface area contributed by atoms with Crippen molar-refractivity contribution in [2.24, 2.45) is 0 Å². The minimum Gasteiger partial charge on any atom is -0.469 e. The number of benzene rings is 2. The van der Waals surface area contributed by atoms with Crippen molar-refractivity contribution < 1.29 is 19.1 Å². The molecule has 0 fully saturated rings. The molecule has 0 aromatic heterocycles. The first-order valence-electron chi connectivity index (χ1n) is 7.87. The Labute approximate surface area is 146 Å². The molecule has 2 rings (SSSR count). The molecule has 0 radical (unpaired) electrons. The van der Waals surface area contributed by atoms with Crippen LogP contribution in [0, 0.1) is 0 Å². The quantitative estimate of drug-likeness (QED) is 0.599. The summed E-state index contributed by atoms with van der Waals surface area (Å²) in [5, 5.41) is 5.39. The van der Waals surface area contributed by atoms with Crippen molar-refractivity contribution in [1.82, 2.24) is 0 Å². The van der Waals surface area contributed by atoms with Crippen LogP contribution in [0.1, 0.15) is 18.4 Å². The minimum absolute atomic E-state index is 0.0775. The number of hydrogen-bond acceptors (Lipinski definition) is 4. The van der Waals surface area contributed by atoms with Crippen LogP contribution < -0.4 is 10.6 Å². The van der Waals surface area contributed by atoms with Crippen LogP contribution in [-0.2, 0) is 25.5 Å². The van der Waals surface area contributed by atoms with Gasteiger partial charge in [-0.2, -0.15) is 0 Å². The highest BCUT2D eigenvalue weighted by Gasteiger charge is 2.09. The number of ether oxygens (including phenoxy) is 1. The van der Waals surface area contributed by atoms with Gasteiger partial charge < -0.3 is 15.4 Å². The van der Waals surface area contributed by atoms with Gasteiger partial charge in [-0.25, -0.2) is 0 Å². The van der Waals surface area contributed by atoms with Gasteiger partial charge in [0.25, 0.3) is 0 Å². The van der Waals surface area contributed by atoms with E-state index >= 15 is 0 Å². The molecule has 130 valence electrons. The maximum atomic E-state index is 12.0. The van der Waals surface area contributed by atoms with Gasteiger partial charge >= 0.3 is 5.97 Å². The van der Waals surface area contributed by atoms with Crippen LogP contribution in [-0.4, -0.2) is 24.9 Å². The zero-order chi connectivity index (χ0) is 18.1. The molecule has 0 aliphatic rings. The van der Waals surface area contributed by atoms with E-state index in [1.165, 1.54) is 7.11 Å². The molecule has 0 atom stereocenters. The molecule has 2 amide bonds. The summed E-state index contributed by atoms with van der Waals surface area (Å²) in [6.07, 6.45) is 0.727. The Hall–Kier alpha value is -3.15. The number of esters is 1. The largest absolute Gasteiger partial charge is 0.469 e. The van der Waals surface area contributed by atoms with E-state index < -0.39 is 11.9 Å². The van der Waals surface area contributed by atoms with Crippen molar-refractivity contribution in [2.45, 2.75) is 19.3 Å². The number of aryl methyl sites for hydroxylation is 1. The summed E-state index contributed by atoms with van der Waals surface area (Å²) in [5.41, 5.74) is 2.29. The zero-order valence-corrected chi connectivity index (χ0v) is 14.0. The van der Waals surface area contributed by atoms with E-state index in [0.717, 1.165) is 5.56 Å². The van der Waals surface area contributed by atoms with Crippen molar-refractivity contribution >= 4 is 29.2 Å². The van der Waals surface area contributed by atoms with E-state index in [4.69, 9.17) is 0 Å². The SMILES string of the molecule is COC(=O)CC(=O)Nc1ccc(NC(=O)CCc2ccccc2)cc1. The molecule has 0 saturated heterocycles. The first kappa shape index (κ1) is 18.2. The molecule has 2 N–H and O–H groups in total. The van der Waals surface area contributed by atoms with E-state index in [2.05, 4.69) is 15.4 Å². The van der Waals surface area contributed by atoms with Crippen LogP contribution in [0.15, 0.2) is 54.6 Å². The van der Waals surface area contributed by atoms with E-state index in [1.54, 1.807) is 24.3 Å². The lowest BCUT2D eigenvalue weighted by Crippen LogP contribution is -2.17. The summed E-state index contributed by atoms with van der Waals surface area (Å²) >= 11 is 0. The molecule has 6 nitrogen and oxygen atoms in total. The number of methoxy groups -OCH3 is 1. The van der Waals surface area contributed by atoms with Gasteiger partial charge in [0, 0.05) is 17.8 Å². The Morgan fingerprint density at radius 3 is 1.96 bits per heavy atom. The van der Waals surface area contributed by atoms with E-state index in [1.807, 2.05) is 30.3 Å². The Bertz CT molecular complexity index is 727. The fraction of sp³-hybridized carbons (Fsp3) is 0.211. The van der Waals surface area contributed by atoms with Gasteiger partial charge in [0.2, 0.25) is 11.8 Å². The van der Waals surface area contributed by atoms with Gasteiger partial charge in [0.1, 0.15) is 6.42 Å². The number of carbonyl (C=O) groups excluding carboxylic acids is 3. The Balaban J connectivity index is 1.80. The van der Waals surface area contributed by atoms with E-state index in [0.29, 0.717) is 24.2 Å². The monoisotopic (exact) mass is 340 g/mol. The van der Waals surface area contributed by atoms with Crippen molar-refractivity contribution in [1.29, 1.82) is 0 Å². The van der Waals surface area contributed by atoms with Gasteiger partial charge in [-0.05, 0) is 36.2 Å². The Kier molecular flexibility index (Phi) is 6.71. The molecule has 0 unspecified atom stereocenters. The van der Waals surface area contributed by atoms with Crippen LogP contribution in [0.5, 0.6) is 0 Å². The molecule has 0 saturated carbocycles. The summed E-state index contributed by atoms with van der Waals surface area (Å²) in [6.45, 7) is 0. The summed E-state index contributed by atoms with van der Waals surface area (Å²) in [6, 6.07) is 16.5. The summed E-state index contributed by atoms with van der Waals surface area (Å²) < 4.78 is 4.43. The topological polar surface area (TPSA) is 84.5 Å². The molecule has 2 aromatic carbocycles. The number of anilines is 2. The maximum Gasteiger partial charge on any atom is 0.315 e. The van der Waals surface area contributed by atoms with Crippen molar-refractivity contribution in [3.63, 3.8) is 0 Å². The smallest absolute Gasteiger partial charge is 0.315 e. The number of amides is 2. The highest BCUT2D eigenvalue weighted by molar-refractivity contribution is 6.02. The molecule has 0 spiro atoms. The molecule has 0 bridgehead atoms. The highest BCUT2D eigenvalue weighted by atomic mass is 16.5. The van der Waals surface area contributed by atoms with Crippen molar-refractivity contribution in [3.05, 3.63) is 60.2 Å². The van der Waals surface area contributed by atoms with E-state index in [-0.39, 0.29) is 12.3 Å². The van der Waals surface area contributed by atoms with Gasteiger partial charge in [0.15, 0.2) is 0 Å². The van der Waals surface area contributed by atoms with Crippen LogP contribution in [0.25, 0.3) is 0 Å². The molecular formula is C19H20N2O4. The number of carbonyl (C=O) groups is 3. The molecule has 0 aliphatic heterocycles. The molecule has 6 heteroatoms. The summed E-state index contributed by atoms with van der Waals surface area (Å²) in [5.74, 6) is -1.13. The van der Waals surface area contributed by atoms with Gasteiger partial charge in [-0.1, -0.05) is 30.3 Å². The first-order chi connectivity index (χ1) is 12.1. The zero-order valence-electron chi connectivity index (χ0n) is 14.0. The molecule has 0 heterocycles. The molecule has 2 aromatic rings. The van der Waals surface area contributed by atoms with Crippen LogP contribution in [0.3, 0.4) is 0 Å². The average molecular weight is 340 g/mol. The third-order valence-corrected chi connectivity index (χ3v) is 3.47. The lowest BCUT2D eigenvalue weighted by atomic mass is 10.1. The summed E-state index contributed by atoms with van der Waals surface area (Å²) in [7, 11) is 1.23. The minimum atomic E-state index is -0.597. The van der Waals surface area contributed by atoms with Crippen LogP contribution in [0.4, 0.5) is 11.4 Å². The standard InChI is InChI=1S/C19H20N2O4/c1-25-19(24)13-18(23)21-16-10-8-15(9-11-16)20-17(22)12-7-14-5-3-2-4-6-14/h2-6,8-11H,7,12-13H2,1H3,(H,20,22)(H,21,23). The third kappa shape index (κ3) is 6.47. The normalized spacial score (nSPS) is 9.96. The Morgan fingerprint density at radius 2 is 1.40 bits per heavy atom. The predicted octanol–water partition coefficient (Wildman–Crippen LogP) is 2.76. The first-order valence-corrected chi connectivity index (χ1v) is 7.87. The third-order valence-electron chi connectivity index (χ3n) is 3.47. The van der Waals surface area contributed by atoms with E-state index in [9.17, 15) is 14.4 Å². The lowest BCUT2D eigenvalue weighted by molar-refractivity contribution is -0.142. The van der Waals surface area contributed by atoms with Crippen LogP contribution in [0.2, 0.25) is 0 Å². The van der Waals surface area contributed by atoms with Gasteiger partial charge in [-0.3, -0.25) is 14.4 Å². The number of hydrogen-bond donors (Lipinski definition) is 2. The fourth-order valence-corrected chi connectivity index (χ4v) is 2.17. The number of rotatable bonds is 7. The molecule has 25 heavy (non-hydrogen) atoms. The van der Waals surface area contributed by atoms with Crippen molar-refractivity contribution in [3.8, 4) is 0 Å². The Morgan fingerprint density at radius 1 is 0.840 bits per heavy atom. The molecular weight excluding hydrogens is 320 g/mol. The summed E-state index contributed by atoms with van der Waals surface area (Å²) in [4.78, 5) is 34.6. The second-order valence-corrected chi connectivity index (χ2v) is 5.41. The second-order valence-electron chi connectivity index (χ2n) is 5.41. The van der Waals surface area contributed by atoms with Gasteiger partial charge in [-0.15, -0.1) is 0 Å². The fourth-order valence-electron chi connectivity index (χ4n) is 2.17.